The Kier molecular flexibility index (Phi) is 5.85. The average Bonchev–Trinajstić information content (AvgIpc) is 2.52. The molecule has 2 rings (SSSR count). The number of allylic oxidation sites excluding steroid dienone is 1. The molecule has 1 amide bonds. The van der Waals surface area contributed by atoms with Gasteiger partial charge in [-0.25, -0.2) is 0 Å². The molecule has 0 spiro atoms. The van der Waals surface area contributed by atoms with Crippen molar-refractivity contribution in [2.24, 2.45) is 0 Å². The lowest BCUT2D eigenvalue weighted by Crippen LogP contribution is -2.23. The second-order valence-electron chi connectivity index (χ2n) is 5.51. The highest BCUT2D eigenvalue weighted by Gasteiger charge is 2.14. The van der Waals surface area contributed by atoms with E-state index in [1.807, 2.05) is 6.07 Å². The molecule has 0 unspecified atom stereocenters. The van der Waals surface area contributed by atoms with Gasteiger partial charge in [0.2, 0.25) is 5.91 Å². The molecule has 1 aliphatic carbocycles. The van der Waals surface area contributed by atoms with Gasteiger partial charge >= 0.3 is 0 Å². The fourth-order valence-electron chi connectivity index (χ4n) is 2.73. The van der Waals surface area contributed by atoms with Gasteiger partial charge in [0, 0.05) is 13.0 Å². The zero-order valence-corrected chi connectivity index (χ0v) is 13.1. The van der Waals surface area contributed by atoms with Gasteiger partial charge in [0.05, 0.1) is 7.11 Å². The van der Waals surface area contributed by atoms with Crippen molar-refractivity contribution in [1.29, 1.82) is 0 Å². The Morgan fingerprint density at radius 2 is 2.24 bits per heavy atom. The molecule has 0 saturated heterocycles. The van der Waals surface area contributed by atoms with Crippen LogP contribution in [0.2, 0.25) is 0 Å². The van der Waals surface area contributed by atoms with Crippen LogP contribution in [0.25, 0.3) is 5.57 Å². The number of hydrogen-bond acceptors (Lipinski definition) is 2. The van der Waals surface area contributed by atoms with Gasteiger partial charge in [0.25, 0.3) is 0 Å². The van der Waals surface area contributed by atoms with Crippen molar-refractivity contribution in [1.82, 2.24) is 5.32 Å². The number of carbonyl (C=O) groups excluding carboxylic acids is 1. The second kappa shape index (κ2) is 7.87. The first-order valence-corrected chi connectivity index (χ1v) is 7.87. The van der Waals surface area contributed by atoms with E-state index in [9.17, 15) is 4.79 Å². The van der Waals surface area contributed by atoms with Crippen LogP contribution in [-0.2, 0) is 11.2 Å². The molecule has 0 heterocycles. The zero-order chi connectivity index (χ0) is 15.1. The quantitative estimate of drug-likeness (QED) is 0.866. The molecule has 114 valence electrons. The minimum absolute atomic E-state index is 0.148. The lowest BCUT2D eigenvalue weighted by atomic mass is 9.87. The topological polar surface area (TPSA) is 38.3 Å². The highest BCUT2D eigenvalue weighted by atomic mass is 16.5. The average molecular weight is 287 g/mol. The lowest BCUT2D eigenvalue weighted by molar-refractivity contribution is -0.120. The van der Waals surface area contributed by atoms with E-state index in [4.69, 9.17) is 4.74 Å². The van der Waals surface area contributed by atoms with E-state index < -0.39 is 0 Å². The van der Waals surface area contributed by atoms with E-state index in [1.165, 1.54) is 23.1 Å². The number of methoxy groups -OCH3 is 1. The standard InChI is InChI=1S/C18H25NO2/c1-3-4-8-18(20)19-12-11-15-7-5-6-14-9-10-16(21-2)13-17(14)15/h9-11,13H,3-8,12H2,1-2H3,(H,19,20). The summed E-state index contributed by atoms with van der Waals surface area (Å²) in [5, 5.41) is 2.98. The molecule has 21 heavy (non-hydrogen) atoms. The predicted octanol–water partition coefficient (Wildman–Crippen LogP) is 3.72. The molecule has 1 aliphatic rings. The number of hydrogen-bond donors (Lipinski definition) is 1. The molecule has 0 bridgehead atoms. The molecule has 1 aromatic carbocycles. The fraction of sp³-hybridized carbons (Fsp3) is 0.500. The number of aryl methyl sites for hydroxylation is 1. The van der Waals surface area contributed by atoms with Crippen molar-refractivity contribution in [2.45, 2.75) is 45.4 Å². The van der Waals surface area contributed by atoms with Crippen molar-refractivity contribution >= 4 is 11.5 Å². The third-order valence-corrected chi connectivity index (χ3v) is 3.96. The highest BCUT2D eigenvalue weighted by Crippen LogP contribution is 2.33. The Labute approximate surface area is 127 Å². The predicted molar refractivity (Wildman–Crippen MR) is 86.4 cm³/mol. The summed E-state index contributed by atoms with van der Waals surface area (Å²) in [6, 6.07) is 6.29. The third kappa shape index (κ3) is 4.35. The van der Waals surface area contributed by atoms with Crippen LogP contribution in [0.15, 0.2) is 24.3 Å². The van der Waals surface area contributed by atoms with E-state index >= 15 is 0 Å². The van der Waals surface area contributed by atoms with Crippen molar-refractivity contribution in [2.75, 3.05) is 13.7 Å². The monoisotopic (exact) mass is 287 g/mol. The van der Waals surface area contributed by atoms with E-state index in [-0.39, 0.29) is 5.91 Å². The van der Waals surface area contributed by atoms with Crippen LogP contribution in [-0.4, -0.2) is 19.6 Å². The summed E-state index contributed by atoms with van der Waals surface area (Å²) < 4.78 is 5.32. The van der Waals surface area contributed by atoms with Gasteiger partial charge < -0.3 is 10.1 Å². The number of rotatable bonds is 6. The number of carbonyl (C=O) groups is 1. The SMILES string of the molecule is CCCCC(=O)NCC=C1CCCc2ccc(OC)cc21. The summed E-state index contributed by atoms with van der Waals surface area (Å²) in [5.74, 6) is 1.05. The third-order valence-electron chi connectivity index (χ3n) is 3.96. The fourth-order valence-corrected chi connectivity index (χ4v) is 2.73. The minimum atomic E-state index is 0.148. The van der Waals surface area contributed by atoms with Gasteiger partial charge in [-0.05, 0) is 54.5 Å². The second-order valence-corrected chi connectivity index (χ2v) is 5.51. The smallest absolute Gasteiger partial charge is 0.220 e. The number of ether oxygens (including phenoxy) is 1. The zero-order valence-electron chi connectivity index (χ0n) is 13.1. The Hall–Kier alpha value is -1.77. The first-order chi connectivity index (χ1) is 10.2. The molecule has 3 nitrogen and oxygen atoms in total. The molecule has 0 aromatic heterocycles. The molecule has 1 N–H and O–H groups in total. The van der Waals surface area contributed by atoms with E-state index in [0.29, 0.717) is 13.0 Å². The number of nitrogens with one attached hydrogen (secondary N) is 1. The highest BCUT2D eigenvalue weighted by molar-refractivity contribution is 5.77. The normalized spacial score (nSPS) is 15.6. The van der Waals surface area contributed by atoms with Gasteiger partial charge in [-0.3, -0.25) is 4.79 Å². The minimum Gasteiger partial charge on any atom is -0.497 e. The van der Waals surface area contributed by atoms with Gasteiger partial charge in [-0.2, -0.15) is 0 Å². The van der Waals surface area contributed by atoms with Crippen molar-refractivity contribution in [3.05, 3.63) is 35.4 Å². The Bertz CT molecular complexity index is 520. The first kappa shape index (κ1) is 15.6. The molecule has 0 atom stereocenters. The molecule has 1 aromatic rings. The lowest BCUT2D eigenvalue weighted by Gasteiger charge is -2.20. The largest absolute Gasteiger partial charge is 0.497 e. The molecule has 0 radical (unpaired) electrons. The number of amides is 1. The van der Waals surface area contributed by atoms with Crippen LogP contribution < -0.4 is 10.1 Å². The van der Waals surface area contributed by atoms with E-state index in [0.717, 1.165) is 31.4 Å². The van der Waals surface area contributed by atoms with Crippen molar-refractivity contribution < 1.29 is 9.53 Å². The molecular weight excluding hydrogens is 262 g/mol. The Morgan fingerprint density at radius 1 is 1.38 bits per heavy atom. The van der Waals surface area contributed by atoms with Gasteiger partial charge in [-0.1, -0.05) is 25.5 Å². The van der Waals surface area contributed by atoms with Crippen LogP contribution in [0.5, 0.6) is 5.75 Å². The molecule has 0 aliphatic heterocycles. The maximum atomic E-state index is 11.6. The van der Waals surface area contributed by atoms with Crippen molar-refractivity contribution in [3.63, 3.8) is 0 Å². The number of fused-ring (bicyclic) bond motifs is 1. The number of unbranched alkanes of at least 4 members (excludes halogenated alkanes) is 1. The summed E-state index contributed by atoms with van der Waals surface area (Å²) >= 11 is 0. The summed E-state index contributed by atoms with van der Waals surface area (Å²) in [4.78, 5) is 11.6. The molecular formula is C18H25NO2. The van der Waals surface area contributed by atoms with Crippen LogP contribution in [0.1, 0.15) is 50.2 Å². The van der Waals surface area contributed by atoms with Crippen LogP contribution in [0, 0.1) is 0 Å². The Balaban J connectivity index is 2.01. The van der Waals surface area contributed by atoms with Gasteiger partial charge in [-0.15, -0.1) is 0 Å². The van der Waals surface area contributed by atoms with Gasteiger partial charge in [0.15, 0.2) is 0 Å². The maximum absolute atomic E-state index is 11.6. The maximum Gasteiger partial charge on any atom is 0.220 e. The van der Waals surface area contributed by atoms with Crippen molar-refractivity contribution in [3.8, 4) is 5.75 Å². The molecule has 3 heteroatoms. The summed E-state index contributed by atoms with van der Waals surface area (Å²) in [6.45, 7) is 2.72. The first-order valence-electron chi connectivity index (χ1n) is 7.87. The van der Waals surface area contributed by atoms with Crippen LogP contribution in [0.4, 0.5) is 0 Å². The summed E-state index contributed by atoms with van der Waals surface area (Å²) in [5.41, 5.74) is 3.99. The summed E-state index contributed by atoms with van der Waals surface area (Å²) in [7, 11) is 1.70. The van der Waals surface area contributed by atoms with E-state index in [1.54, 1.807) is 7.11 Å². The molecule has 0 fully saturated rings. The Morgan fingerprint density at radius 3 is 3.00 bits per heavy atom. The molecule has 0 saturated carbocycles. The van der Waals surface area contributed by atoms with Gasteiger partial charge in [0.1, 0.15) is 5.75 Å². The van der Waals surface area contributed by atoms with Crippen LogP contribution >= 0.6 is 0 Å². The van der Waals surface area contributed by atoms with E-state index in [2.05, 4.69) is 30.4 Å². The number of benzene rings is 1. The summed E-state index contributed by atoms with van der Waals surface area (Å²) in [6.07, 6.45) is 8.18. The van der Waals surface area contributed by atoms with Crippen LogP contribution in [0.3, 0.4) is 0 Å².